The molecule has 24 heavy (non-hydrogen) atoms. The summed E-state index contributed by atoms with van der Waals surface area (Å²) >= 11 is 0. The molecule has 0 bridgehead atoms. The van der Waals surface area contributed by atoms with Crippen molar-refractivity contribution in [3.63, 3.8) is 0 Å². The van der Waals surface area contributed by atoms with E-state index >= 15 is 0 Å². The van der Waals surface area contributed by atoms with Crippen LogP contribution in [-0.2, 0) is 10.0 Å². The van der Waals surface area contributed by atoms with E-state index in [4.69, 9.17) is 4.74 Å². The van der Waals surface area contributed by atoms with Gasteiger partial charge in [-0.3, -0.25) is 0 Å². The maximum Gasteiger partial charge on any atom is 0.243 e. The number of rotatable bonds is 6. The summed E-state index contributed by atoms with van der Waals surface area (Å²) < 4.78 is 45.2. The normalized spacial score (nSPS) is 19.8. The fourth-order valence-corrected chi connectivity index (χ4v) is 4.39. The van der Waals surface area contributed by atoms with Crippen molar-refractivity contribution < 1.29 is 17.5 Å². The number of methoxy groups -OCH3 is 1. The number of hydrogen-bond donors (Lipinski definition) is 1. The summed E-state index contributed by atoms with van der Waals surface area (Å²) in [7, 11) is -2.27. The van der Waals surface area contributed by atoms with E-state index in [2.05, 4.69) is 5.32 Å². The zero-order valence-electron chi connectivity index (χ0n) is 13.7. The maximum absolute atomic E-state index is 13.5. The van der Waals surface area contributed by atoms with Gasteiger partial charge in [-0.25, -0.2) is 12.8 Å². The highest BCUT2D eigenvalue weighted by Gasteiger charge is 2.30. The average molecular weight is 379 g/mol. The molecule has 2 aliphatic rings. The van der Waals surface area contributed by atoms with E-state index in [1.165, 1.54) is 36.4 Å². The second-order valence-corrected chi connectivity index (χ2v) is 8.26. The summed E-state index contributed by atoms with van der Waals surface area (Å²) in [6.07, 6.45) is 4.24. The van der Waals surface area contributed by atoms with Gasteiger partial charge in [-0.15, -0.1) is 12.4 Å². The number of nitrogens with zero attached hydrogens (tertiary/aromatic N) is 1. The second kappa shape index (κ2) is 7.99. The predicted octanol–water partition coefficient (Wildman–Crippen LogP) is 2.41. The van der Waals surface area contributed by atoms with Gasteiger partial charge in [0.15, 0.2) is 11.6 Å². The average Bonchev–Trinajstić information content (AvgIpc) is 3.38. The van der Waals surface area contributed by atoms with Crippen LogP contribution in [0.25, 0.3) is 0 Å². The van der Waals surface area contributed by atoms with Crippen molar-refractivity contribution in [1.82, 2.24) is 9.62 Å². The van der Waals surface area contributed by atoms with E-state index < -0.39 is 15.8 Å². The molecule has 1 N–H and O–H groups in total. The summed E-state index contributed by atoms with van der Waals surface area (Å²) in [6.45, 7) is 2.03. The third-order valence-corrected chi connectivity index (χ3v) is 6.50. The van der Waals surface area contributed by atoms with Gasteiger partial charge in [0.05, 0.1) is 12.0 Å². The van der Waals surface area contributed by atoms with Gasteiger partial charge in [0.1, 0.15) is 0 Å². The molecule has 1 aromatic carbocycles. The van der Waals surface area contributed by atoms with Crippen LogP contribution in [0.5, 0.6) is 5.75 Å². The first-order valence-electron chi connectivity index (χ1n) is 8.08. The smallest absolute Gasteiger partial charge is 0.243 e. The predicted molar refractivity (Wildman–Crippen MR) is 92.7 cm³/mol. The minimum atomic E-state index is -3.59. The molecule has 3 rings (SSSR count). The van der Waals surface area contributed by atoms with Crippen molar-refractivity contribution in [2.75, 3.05) is 26.7 Å². The number of hydrogen-bond acceptors (Lipinski definition) is 4. The van der Waals surface area contributed by atoms with Gasteiger partial charge in [-0.05, 0) is 50.3 Å². The van der Waals surface area contributed by atoms with Gasteiger partial charge in [0.2, 0.25) is 10.0 Å². The third kappa shape index (κ3) is 4.39. The lowest BCUT2D eigenvalue weighted by Crippen LogP contribution is -2.45. The van der Waals surface area contributed by atoms with Gasteiger partial charge in [0.25, 0.3) is 0 Å². The van der Waals surface area contributed by atoms with Crippen LogP contribution in [0, 0.1) is 11.7 Å². The van der Waals surface area contributed by atoms with Crippen LogP contribution in [0.4, 0.5) is 4.39 Å². The molecular weight excluding hydrogens is 355 g/mol. The quantitative estimate of drug-likeness (QED) is 0.825. The number of nitrogens with one attached hydrogen (secondary N) is 1. The molecule has 2 fully saturated rings. The monoisotopic (exact) mass is 378 g/mol. The molecule has 1 saturated carbocycles. The minimum absolute atomic E-state index is 0. The van der Waals surface area contributed by atoms with E-state index in [1.807, 2.05) is 0 Å². The molecule has 1 heterocycles. The first-order valence-corrected chi connectivity index (χ1v) is 9.52. The van der Waals surface area contributed by atoms with E-state index in [-0.39, 0.29) is 23.1 Å². The van der Waals surface area contributed by atoms with Crippen molar-refractivity contribution in [3.8, 4) is 5.75 Å². The highest BCUT2D eigenvalue weighted by Crippen LogP contribution is 2.29. The molecule has 0 radical (unpaired) electrons. The first-order chi connectivity index (χ1) is 11.0. The molecule has 1 aromatic rings. The Morgan fingerprint density at radius 1 is 1.25 bits per heavy atom. The first kappa shape index (κ1) is 19.4. The lowest BCUT2D eigenvalue weighted by atomic mass is 10.1. The standard InChI is InChI=1S/C16H23FN2O3S.ClH/c1-22-16-10-14(4-5-15(16)17)23(20,21)19-8-6-13(7-9-19)18-11-12-2-3-12;/h4-5,10,12-13,18H,2-3,6-9,11H2,1H3;1H. The summed E-state index contributed by atoms with van der Waals surface area (Å²) in [5.41, 5.74) is 0. The highest BCUT2D eigenvalue weighted by molar-refractivity contribution is 7.89. The van der Waals surface area contributed by atoms with Crippen molar-refractivity contribution in [3.05, 3.63) is 24.0 Å². The Morgan fingerprint density at radius 2 is 1.92 bits per heavy atom. The molecule has 1 aliphatic carbocycles. The summed E-state index contributed by atoms with van der Waals surface area (Å²) in [5.74, 6) is 0.213. The molecule has 5 nitrogen and oxygen atoms in total. The summed E-state index contributed by atoms with van der Waals surface area (Å²) in [5, 5.41) is 3.53. The lowest BCUT2D eigenvalue weighted by Gasteiger charge is -2.31. The second-order valence-electron chi connectivity index (χ2n) is 6.33. The molecule has 0 amide bonds. The SMILES string of the molecule is COc1cc(S(=O)(=O)N2CCC(NCC3CC3)CC2)ccc1F.Cl. The van der Waals surface area contributed by atoms with Crippen molar-refractivity contribution in [2.45, 2.75) is 36.6 Å². The third-order valence-electron chi connectivity index (χ3n) is 4.61. The van der Waals surface area contributed by atoms with Crippen LogP contribution >= 0.6 is 12.4 Å². The molecule has 136 valence electrons. The van der Waals surface area contributed by atoms with Crippen LogP contribution in [0.2, 0.25) is 0 Å². The number of sulfonamides is 1. The van der Waals surface area contributed by atoms with E-state index in [1.54, 1.807) is 0 Å². The topological polar surface area (TPSA) is 58.6 Å². The molecule has 0 atom stereocenters. The van der Waals surface area contributed by atoms with Crippen molar-refractivity contribution in [2.24, 2.45) is 5.92 Å². The fourth-order valence-electron chi connectivity index (χ4n) is 2.91. The number of piperidine rings is 1. The van der Waals surface area contributed by atoms with E-state index in [0.29, 0.717) is 19.1 Å². The fraction of sp³-hybridized carbons (Fsp3) is 0.625. The van der Waals surface area contributed by atoms with Crippen LogP contribution < -0.4 is 10.1 Å². The molecule has 1 aliphatic heterocycles. The largest absolute Gasteiger partial charge is 0.494 e. The zero-order chi connectivity index (χ0) is 16.4. The van der Waals surface area contributed by atoms with Gasteiger partial charge in [-0.1, -0.05) is 0 Å². The Balaban J connectivity index is 0.00000208. The Labute approximate surface area is 149 Å². The molecular formula is C16H24ClFN2O3S. The number of benzene rings is 1. The highest BCUT2D eigenvalue weighted by atomic mass is 35.5. The van der Waals surface area contributed by atoms with Crippen LogP contribution in [0.3, 0.4) is 0 Å². The molecule has 1 saturated heterocycles. The van der Waals surface area contributed by atoms with Gasteiger partial charge < -0.3 is 10.1 Å². The van der Waals surface area contributed by atoms with Gasteiger partial charge >= 0.3 is 0 Å². The van der Waals surface area contributed by atoms with E-state index in [0.717, 1.165) is 31.4 Å². The maximum atomic E-state index is 13.5. The lowest BCUT2D eigenvalue weighted by molar-refractivity contribution is 0.288. The molecule has 0 unspecified atom stereocenters. The van der Waals surface area contributed by atoms with Crippen LogP contribution in [0.15, 0.2) is 23.1 Å². The Kier molecular flexibility index (Phi) is 6.47. The Hall–Kier alpha value is -0.890. The summed E-state index contributed by atoms with van der Waals surface area (Å²) in [4.78, 5) is 0.0835. The van der Waals surface area contributed by atoms with Gasteiger partial charge in [0, 0.05) is 25.2 Å². The molecule has 0 aromatic heterocycles. The van der Waals surface area contributed by atoms with Crippen LogP contribution in [-0.4, -0.2) is 45.5 Å². The summed E-state index contributed by atoms with van der Waals surface area (Å²) in [6, 6.07) is 4.08. The van der Waals surface area contributed by atoms with Crippen LogP contribution in [0.1, 0.15) is 25.7 Å². The minimum Gasteiger partial charge on any atom is -0.494 e. The van der Waals surface area contributed by atoms with Gasteiger partial charge in [-0.2, -0.15) is 4.31 Å². The Morgan fingerprint density at radius 3 is 2.50 bits per heavy atom. The molecule has 0 spiro atoms. The number of halogens is 2. The molecule has 8 heteroatoms. The van der Waals surface area contributed by atoms with E-state index in [9.17, 15) is 12.8 Å². The van der Waals surface area contributed by atoms with Crippen molar-refractivity contribution >= 4 is 22.4 Å². The Bertz CT molecular complexity index is 659. The van der Waals surface area contributed by atoms with Crippen molar-refractivity contribution in [1.29, 1.82) is 0 Å². The number of ether oxygens (including phenoxy) is 1. The zero-order valence-corrected chi connectivity index (χ0v) is 15.3.